The summed E-state index contributed by atoms with van der Waals surface area (Å²) in [4.78, 5) is 4.42. The van der Waals surface area contributed by atoms with Crippen molar-refractivity contribution >= 4 is 31.4 Å². The van der Waals surface area contributed by atoms with Crippen molar-refractivity contribution < 1.29 is 8.42 Å². The summed E-state index contributed by atoms with van der Waals surface area (Å²) in [6.45, 7) is 1.64. The fourth-order valence-corrected chi connectivity index (χ4v) is 3.09. The molecule has 0 saturated heterocycles. The molecule has 0 spiro atoms. The Morgan fingerprint density at radius 3 is 2.93 bits per heavy atom. The van der Waals surface area contributed by atoms with E-state index in [1.807, 2.05) is 6.07 Å². The second-order valence-corrected chi connectivity index (χ2v) is 5.99. The van der Waals surface area contributed by atoms with Gasteiger partial charge in [-0.3, -0.25) is 0 Å². The number of fused-ring (bicyclic) bond motifs is 1. The summed E-state index contributed by atoms with van der Waals surface area (Å²) in [5.41, 5.74) is 2.26. The van der Waals surface area contributed by atoms with Crippen LogP contribution in [-0.4, -0.2) is 19.2 Å². The van der Waals surface area contributed by atoms with Gasteiger partial charge in [-0.15, -0.1) is 11.3 Å². The van der Waals surface area contributed by atoms with Gasteiger partial charge in [-0.2, -0.15) is 0 Å². The van der Waals surface area contributed by atoms with Crippen LogP contribution in [-0.2, 0) is 9.84 Å². The van der Waals surface area contributed by atoms with E-state index in [0.29, 0.717) is 10.4 Å². The standard InChI is InChI=1S/C9H9NO2S2/c1-2-14(11,12)8-5-3-4-7-9(8)10-6-13-7/h3-6H,2H2,1H3. The SMILES string of the molecule is CCS(=O)(=O)c1cccc2scnc12. The number of benzene rings is 1. The van der Waals surface area contributed by atoms with Gasteiger partial charge >= 0.3 is 0 Å². The van der Waals surface area contributed by atoms with Gasteiger partial charge in [-0.1, -0.05) is 13.0 Å². The van der Waals surface area contributed by atoms with Gasteiger partial charge in [0.1, 0.15) is 0 Å². The fourth-order valence-electron chi connectivity index (χ4n) is 1.27. The summed E-state index contributed by atoms with van der Waals surface area (Å²) in [6, 6.07) is 5.24. The molecule has 74 valence electrons. The van der Waals surface area contributed by atoms with Crippen LogP contribution in [0.15, 0.2) is 28.6 Å². The highest BCUT2D eigenvalue weighted by molar-refractivity contribution is 7.91. The summed E-state index contributed by atoms with van der Waals surface area (Å²) in [5.74, 6) is 0.115. The molecule has 1 aromatic carbocycles. The monoisotopic (exact) mass is 227 g/mol. The van der Waals surface area contributed by atoms with Crippen molar-refractivity contribution in [2.75, 3.05) is 5.75 Å². The van der Waals surface area contributed by atoms with E-state index in [2.05, 4.69) is 4.98 Å². The van der Waals surface area contributed by atoms with Crippen molar-refractivity contribution in [2.24, 2.45) is 0 Å². The Morgan fingerprint density at radius 2 is 2.21 bits per heavy atom. The number of nitrogens with zero attached hydrogens (tertiary/aromatic N) is 1. The van der Waals surface area contributed by atoms with E-state index in [1.165, 1.54) is 11.3 Å². The molecule has 5 heteroatoms. The molecule has 0 atom stereocenters. The molecule has 0 bridgehead atoms. The molecule has 0 fully saturated rings. The van der Waals surface area contributed by atoms with E-state index >= 15 is 0 Å². The maximum absolute atomic E-state index is 11.7. The summed E-state index contributed by atoms with van der Waals surface area (Å²) in [5, 5.41) is 0. The Labute approximate surface area is 86.3 Å². The zero-order chi connectivity index (χ0) is 10.2. The molecule has 2 aromatic rings. The van der Waals surface area contributed by atoms with Crippen LogP contribution in [0.2, 0.25) is 0 Å². The minimum absolute atomic E-state index is 0.115. The van der Waals surface area contributed by atoms with E-state index in [0.717, 1.165) is 4.70 Å². The second kappa shape index (κ2) is 3.33. The summed E-state index contributed by atoms with van der Waals surface area (Å²) < 4.78 is 24.3. The van der Waals surface area contributed by atoms with Gasteiger partial charge in [-0.05, 0) is 12.1 Å². The Morgan fingerprint density at radius 1 is 1.43 bits per heavy atom. The molecule has 0 aliphatic carbocycles. The topological polar surface area (TPSA) is 47.0 Å². The molecule has 0 aliphatic heterocycles. The Balaban J connectivity index is 2.81. The zero-order valence-corrected chi connectivity index (χ0v) is 9.23. The van der Waals surface area contributed by atoms with Crippen LogP contribution >= 0.6 is 11.3 Å². The number of para-hydroxylation sites is 1. The Hall–Kier alpha value is -0.940. The average Bonchev–Trinajstić information content (AvgIpc) is 2.64. The number of rotatable bonds is 2. The molecule has 0 aliphatic rings. The van der Waals surface area contributed by atoms with Crippen molar-refractivity contribution in [1.82, 2.24) is 4.98 Å². The predicted molar refractivity (Wildman–Crippen MR) is 57.3 cm³/mol. The lowest BCUT2D eigenvalue weighted by molar-refractivity contribution is 0.598. The van der Waals surface area contributed by atoms with Gasteiger partial charge in [0.15, 0.2) is 9.84 Å². The van der Waals surface area contributed by atoms with Crippen LogP contribution in [0.4, 0.5) is 0 Å². The van der Waals surface area contributed by atoms with Crippen molar-refractivity contribution in [3.63, 3.8) is 0 Å². The lowest BCUT2D eigenvalue weighted by Gasteiger charge is -2.00. The van der Waals surface area contributed by atoms with Gasteiger partial charge in [0.05, 0.1) is 26.4 Å². The molecule has 0 radical (unpaired) electrons. The zero-order valence-electron chi connectivity index (χ0n) is 7.60. The first kappa shape index (κ1) is 9.61. The number of hydrogen-bond acceptors (Lipinski definition) is 4. The molecule has 1 heterocycles. The minimum Gasteiger partial charge on any atom is -0.243 e. The maximum atomic E-state index is 11.7. The van der Waals surface area contributed by atoms with E-state index in [-0.39, 0.29) is 5.75 Å². The number of hydrogen-bond donors (Lipinski definition) is 0. The van der Waals surface area contributed by atoms with Crippen molar-refractivity contribution in [3.8, 4) is 0 Å². The summed E-state index contributed by atoms with van der Waals surface area (Å²) in [7, 11) is -3.15. The minimum atomic E-state index is -3.15. The number of sulfone groups is 1. The molecule has 3 nitrogen and oxygen atoms in total. The third kappa shape index (κ3) is 1.42. The molecule has 0 unspecified atom stereocenters. The molecule has 0 saturated carbocycles. The highest BCUT2D eigenvalue weighted by Crippen LogP contribution is 2.25. The average molecular weight is 227 g/mol. The van der Waals surface area contributed by atoms with Crippen LogP contribution in [0.25, 0.3) is 10.2 Å². The first-order valence-corrected chi connectivity index (χ1v) is 6.73. The van der Waals surface area contributed by atoms with Gasteiger partial charge < -0.3 is 0 Å². The van der Waals surface area contributed by atoms with Crippen molar-refractivity contribution in [2.45, 2.75) is 11.8 Å². The van der Waals surface area contributed by atoms with Crippen LogP contribution < -0.4 is 0 Å². The Bertz CT molecular complexity index is 557. The summed E-state index contributed by atoms with van der Waals surface area (Å²) in [6.07, 6.45) is 0. The van der Waals surface area contributed by atoms with Gasteiger partial charge in [-0.25, -0.2) is 13.4 Å². The molecule has 2 rings (SSSR count). The highest BCUT2D eigenvalue weighted by atomic mass is 32.2. The van der Waals surface area contributed by atoms with Crippen LogP contribution in [0, 0.1) is 0 Å². The van der Waals surface area contributed by atoms with Crippen LogP contribution in [0.1, 0.15) is 6.92 Å². The first-order chi connectivity index (χ1) is 6.65. The lowest BCUT2D eigenvalue weighted by Crippen LogP contribution is -2.04. The van der Waals surface area contributed by atoms with Crippen molar-refractivity contribution in [3.05, 3.63) is 23.7 Å². The van der Waals surface area contributed by atoms with Crippen molar-refractivity contribution in [1.29, 1.82) is 0 Å². The van der Waals surface area contributed by atoms with Gasteiger partial charge in [0, 0.05) is 0 Å². The van der Waals surface area contributed by atoms with E-state index in [1.54, 1.807) is 24.6 Å². The molecule has 0 N–H and O–H groups in total. The largest absolute Gasteiger partial charge is 0.243 e. The Kier molecular flexibility index (Phi) is 2.28. The first-order valence-electron chi connectivity index (χ1n) is 4.20. The van der Waals surface area contributed by atoms with E-state index in [4.69, 9.17) is 0 Å². The van der Waals surface area contributed by atoms with Crippen LogP contribution in [0.5, 0.6) is 0 Å². The van der Waals surface area contributed by atoms with Gasteiger partial charge in [0.25, 0.3) is 0 Å². The number of thiazole rings is 1. The molecular weight excluding hydrogens is 218 g/mol. The van der Waals surface area contributed by atoms with E-state index < -0.39 is 9.84 Å². The molecule has 1 aromatic heterocycles. The van der Waals surface area contributed by atoms with Crippen LogP contribution in [0.3, 0.4) is 0 Å². The van der Waals surface area contributed by atoms with E-state index in [9.17, 15) is 8.42 Å². The second-order valence-electron chi connectivity index (χ2n) is 2.86. The molecular formula is C9H9NO2S2. The normalized spacial score (nSPS) is 12.1. The predicted octanol–water partition coefficient (Wildman–Crippen LogP) is 2.09. The third-order valence-corrected chi connectivity index (χ3v) is 4.59. The number of aromatic nitrogens is 1. The fraction of sp³-hybridized carbons (Fsp3) is 0.222. The molecule has 0 amide bonds. The smallest absolute Gasteiger partial charge is 0.180 e. The summed E-state index contributed by atoms with van der Waals surface area (Å²) >= 11 is 1.45. The van der Waals surface area contributed by atoms with Gasteiger partial charge in [0.2, 0.25) is 0 Å². The molecule has 14 heavy (non-hydrogen) atoms. The third-order valence-electron chi connectivity index (χ3n) is 2.04. The maximum Gasteiger partial charge on any atom is 0.180 e. The lowest BCUT2D eigenvalue weighted by atomic mass is 10.3. The highest BCUT2D eigenvalue weighted by Gasteiger charge is 2.16. The quantitative estimate of drug-likeness (QED) is 0.789.